The molecule has 2 saturated heterocycles. The Morgan fingerprint density at radius 1 is 0.615 bits per heavy atom. The Morgan fingerprint density at radius 3 is 1.19 bits per heavy atom. The maximum absolute atomic E-state index is 2.71. The summed E-state index contributed by atoms with van der Waals surface area (Å²) in [5.74, 6) is 0. The van der Waals surface area contributed by atoms with Gasteiger partial charge in [0.25, 0.3) is 0 Å². The van der Waals surface area contributed by atoms with Crippen molar-refractivity contribution in [3.63, 3.8) is 0 Å². The van der Waals surface area contributed by atoms with E-state index < -0.39 is 0 Å². The molecule has 0 amide bonds. The second-order valence-electron chi connectivity index (χ2n) is 9.52. The van der Waals surface area contributed by atoms with E-state index in [1.807, 2.05) is 0 Å². The van der Waals surface area contributed by atoms with Crippen LogP contribution >= 0.6 is 15.8 Å². The Bertz CT molecular complexity index is 355. The van der Waals surface area contributed by atoms with Crippen LogP contribution in [0.5, 0.6) is 0 Å². The fourth-order valence-corrected chi connectivity index (χ4v) is 16.3. The molecule has 0 bridgehead atoms. The molecule has 2 aliphatic rings. The summed E-state index contributed by atoms with van der Waals surface area (Å²) in [5.41, 5.74) is 2.03. The molecule has 2 fully saturated rings. The van der Waals surface area contributed by atoms with Crippen LogP contribution in [0, 0.1) is 0 Å². The summed E-state index contributed by atoms with van der Waals surface area (Å²) in [5, 5.41) is 1.53. The van der Waals surface area contributed by atoms with Crippen molar-refractivity contribution in [1.82, 2.24) is 0 Å². The van der Waals surface area contributed by atoms with E-state index in [1.54, 1.807) is 25.2 Å². The van der Waals surface area contributed by atoms with Crippen LogP contribution in [0.25, 0.3) is 0 Å². The third-order valence-corrected chi connectivity index (χ3v) is 16.3. The van der Waals surface area contributed by atoms with Gasteiger partial charge in [-0.3, -0.25) is 0 Å². The van der Waals surface area contributed by atoms with Gasteiger partial charge in [0.05, 0.1) is 0 Å². The van der Waals surface area contributed by atoms with E-state index >= 15 is 0 Å². The molecule has 2 heteroatoms. The van der Waals surface area contributed by atoms with Crippen molar-refractivity contribution in [2.45, 2.75) is 140 Å². The largest absolute Gasteiger partial charge is 0.0968 e. The predicted octanol–water partition coefficient (Wildman–Crippen LogP) is 8.99. The third-order valence-electron chi connectivity index (χ3n) is 7.84. The average molecular weight is 399 g/mol. The summed E-state index contributed by atoms with van der Waals surface area (Å²) in [4.78, 5) is 0. The van der Waals surface area contributed by atoms with Crippen LogP contribution in [-0.2, 0) is 0 Å². The van der Waals surface area contributed by atoms with Gasteiger partial charge in [0.15, 0.2) is 0 Å². The Morgan fingerprint density at radius 2 is 0.923 bits per heavy atom. The first-order valence-corrected chi connectivity index (χ1v) is 15.2. The molecule has 0 aromatic carbocycles. The first-order chi connectivity index (χ1) is 12.5. The summed E-state index contributed by atoms with van der Waals surface area (Å²) >= 11 is 0. The van der Waals surface area contributed by atoms with E-state index in [-0.39, 0.29) is 15.8 Å². The van der Waals surface area contributed by atoms with Gasteiger partial charge in [0.2, 0.25) is 0 Å². The van der Waals surface area contributed by atoms with Crippen LogP contribution in [-0.4, -0.2) is 34.0 Å². The fourth-order valence-electron chi connectivity index (χ4n) is 6.90. The van der Waals surface area contributed by atoms with Crippen molar-refractivity contribution in [2.75, 3.05) is 12.3 Å². The van der Waals surface area contributed by atoms with Gasteiger partial charge in [-0.25, -0.2) is 0 Å². The van der Waals surface area contributed by atoms with Crippen LogP contribution in [0.15, 0.2) is 0 Å². The zero-order valence-electron chi connectivity index (χ0n) is 18.9. The second kappa shape index (κ2) is 10.6. The maximum atomic E-state index is 2.71. The normalized spacial score (nSPS) is 29.8. The lowest BCUT2D eigenvalue weighted by molar-refractivity contribution is 0.460. The molecule has 0 aromatic heterocycles. The SMILES string of the molecule is CCCC1(CCC)CCCP1C(C)C(C)P1CCCC1(CCC)CCC. The zero-order chi connectivity index (χ0) is 19.2. The van der Waals surface area contributed by atoms with Crippen molar-refractivity contribution in [2.24, 2.45) is 0 Å². The Labute approximate surface area is 168 Å². The minimum atomic E-state index is 0.235. The van der Waals surface area contributed by atoms with E-state index in [1.165, 1.54) is 64.2 Å². The lowest BCUT2D eigenvalue weighted by Crippen LogP contribution is -2.34. The minimum Gasteiger partial charge on any atom is -0.0968 e. The molecular formula is C24H48P2. The summed E-state index contributed by atoms with van der Waals surface area (Å²) in [6.45, 7) is 15.2. The molecule has 26 heavy (non-hydrogen) atoms. The highest BCUT2D eigenvalue weighted by atomic mass is 31.1. The molecule has 0 radical (unpaired) electrons. The van der Waals surface area contributed by atoms with Crippen LogP contribution in [0.3, 0.4) is 0 Å². The molecule has 0 spiro atoms. The molecule has 2 heterocycles. The maximum Gasteiger partial charge on any atom is -0.00919 e. The van der Waals surface area contributed by atoms with E-state index in [0.717, 1.165) is 21.6 Å². The standard InChI is InChI=1S/C24H48P2/c1-7-13-23(14-8-2)17-11-19-25(23)21(5)22(6)26-20-12-18-24(26,15-9-3)16-10-4/h21-22H,7-20H2,1-6H3. The number of rotatable bonds is 11. The first-order valence-electron chi connectivity index (χ1n) is 12.0. The number of hydrogen-bond acceptors (Lipinski definition) is 0. The van der Waals surface area contributed by atoms with Crippen LogP contribution in [0.4, 0.5) is 0 Å². The lowest BCUT2D eigenvalue weighted by Gasteiger charge is -2.47. The third kappa shape index (κ3) is 4.70. The van der Waals surface area contributed by atoms with Gasteiger partial charge in [0.1, 0.15) is 0 Å². The van der Waals surface area contributed by atoms with Crippen molar-refractivity contribution in [3.8, 4) is 0 Å². The Balaban J connectivity index is 2.19. The zero-order valence-corrected chi connectivity index (χ0v) is 20.7. The van der Waals surface area contributed by atoms with Gasteiger partial charge in [-0.05, 0) is 85.3 Å². The highest BCUT2D eigenvalue weighted by Gasteiger charge is 2.49. The van der Waals surface area contributed by atoms with Crippen LogP contribution in [0.2, 0.25) is 0 Å². The highest BCUT2D eigenvalue weighted by Crippen LogP contribution is 2.72. The predicted molar refractivity (Wildman–Crippen MR) is 126 cm³/mol. The van der Waals surface area contributed by atoms with Gasteiger partial charge in [0, 0.05) is 0 Å². The second-order valence-corrected chi connectivity index (χ2v) is 15.8. The fraction of sp³-hybridized carbons (Fsp3) is 1.00. The molecular weight excluding hydrogens is 350 g/mol. The molecule has 4 atom stereocenters. The average Bonchev–Trinajstić information content (AvgIpc) is 3.20. The van der Waals surface area contributed by atoms with E-state index in [9.17, 15) is 0 Å². The first kappa shape index (κ1) is 23.1. The molecule has 0 nitrogen and oxygen atoms in total. The Kier molecular flexibility index (Phi) is 9.42. The molecule has 2 rings (SSSR count). The molecule has 0 saturated carbocycles. The van der Waals surface area contributed by atoms with Crippen molar-refractivity contribution >= 4 is 15.8 Å². The minimum absolute atomic E-state index is 0.235. The summed E-state index contributed by atoms with van der Waals surface area (Å²) in [7, 11) is 0.470. The molecule has 4 unspecified atom stereocenters. The van der Waals surface area contributed by atoms with Crippen LogP contribution in [0.1, 0.15) is 119 Å². The molecule has 2 aliphatic heterocycles. The van der Waals surface area contributed by atoms with Crippen molar-refractivity contribution in [3.05, 3.63) is 0 Å². The van der Waals surface area contributed by atoms with E-state index in [0.29, 0.717) is 0 Å². The number of hydrogen-bond donors (Lipinski definition) is 0. The molecule has 0 aliphatic carbocycles. The molecule has 0 aromatic rings. The van der Waals surface area contributed by atoms with Gasteiger partial charge < -0.3 is 0 Å². The van der Waals surface area contributed by atoms with Crippen LogP contribution < -0.4 is 0 Å². The van der Waals surface area contributed by atoms with E-state index in [4.69, 9.17) is 0 Å². The van der Waals surface area contributed by atoms with Crippen molar-refractivity contribution < 1.29 is 0 Å². The highest BCUT2D eigenvalue weighted by molar-refractivity contribution is 7.64. The monoisotopic (exact) mass is 398 g/mol. The molecule has 154 valence electrons. The topological polar surface area (TPSA) is 0 Å². The van der Waals surface area contributed by atoms with Crippen molar-refractivity contribution in [1.29, 1.82) is 0 Å². The van der Waals surface area contributed by atoms with Gasteiger partial charge in [-0.15, -0.1) is 0 Å². The lowest BCUT2D eigenvalue weighted by atomic mass is 9.93. The summed E-state index contributed by atoms with van der Waals surface area (Å²) in [6, 6.07) is 0. The van der Waals surface area contributed by atoms with Gasteiger partial charge in [-0.2, -0.15) is 0 Å². The summed E-state index contributed by atoms with van der Waals surface area (Å²) < 4.78 is 0. The van der Waals surface area contributed by atoms with Gasteiger partial charge >= 0.3 is 0 Å². The summed E-state index contributed by atoms with van der Waals surface area (Å²) in [6.07, 6.45) is 21.1. The molecule has 0 N–H and O–H groups in total. The van der Waals surface area contributed by atoms with Gasteiger partial charge in [-0.1, -0.05) is 83.1 Å². The van der Waals surface area contributed by atoms with E-state index in [2.05, 4.69) is 41.5 Å². The smallest absolute Gasteiger partial charge is 0.00919 e. The quantitative estimate of drug-likeness (QED) is 0.305. The Hall–Kier alpha value is 0.860.